The minimum Gasteiger partial charge on any atom is -0.387 e. The average molecular weight is 275 g/mol. The van der Waals surface area contributed by atoms with E-state index in [4.69, 9.17) is 5.26 Å². The second kappa shape index (κ2) is 9.49. The standard InChI is InChI=1S/C16H25N3O/c1-3-19(4-2)11-5-10-18-13-16(20)15-8-6-14(12-17)7-9-15/h6-9,16,18,20H,3-5,10-11,13H2,1-2H3. The van der Waals surface area contributed by atoms with Gasteiger partial charge in [-0.1, -0.05) is 26.0 Å². The third-order valence-electron chi connectivity index (χ3n) is 3.48. The fraction of sp³-hybridized carbons (Fsp3) is 0.562. The quantitative estimate of drug-likeness (QED) is 0.676. The zero-order valence-electron chi connectivity index (χ0n) is 12.5. The van der Waals surface area contributed by atoms with Gasteiger partial charge in [-0.2, -0.15) is 5.26 Å². The van der Waals surface area contributed by atoms with Gasteiger partial charge >= 0.3 is 0 Å². The van der Waals surface area contributed by atoms with Crippen molar-refractivity contribution < 1.29 is 5.11 Å². The Kier molecular flexibility index (Phi) is 7.89. The smallest absolute Gasteiger partial charge is 0.0991 e. The van der Waals surface area contributed by atoms with Crippen molar-refractivity contribution in [3.05, 3.63) is 35.4 Å². The Balaban J connectivity index is 2.22. The molecule has 20 heavy (non-hydrogen) atoms. The van der Waals surface area contributed by atoms with Crippen LogP contribution in [-0.2, 0) is 0 Å². The van der Waals surface area contributed by atoms with Gasteiger partial charge in [0.1, 0.15) is 0 Å². The van der Waals surface area contributed by atoms with Crippen molar-refractivity contribution in [3.8, 4) is 6.07 Å². The van der Waals surface area contributed by atoms with E-state index in [2.05, 4.69) is 30.1 Å². The van der Waals surface area contributed by atoms with Crippen LogP contribution >= 0.6 is 0 Å². The molecule has 0 saturated heterocycles. The van der Waals surface area contributed by atoms with E-state index < -0.39 is 6.10 Å². The molecule has 0 aliphatic rings. The number of hydrogen-bond acceptors (Lipinski definition) is 4. The molecule has 1 aromatic carbocycles. The van der Waals surface area contributed by atoms with Gasteiger partial charge in [-0.25, -0.2) is 0 Å². The first-order chi connectivity index (χ1) is 9.71. The normalized spacial score (nSPS) is 12.3. The van der Waals surface area contributed by atoms with Crippen molar-refractivity contribution in [1.29, 1.82) is 5.26 Å². The molecule has 2 N–H and O–H groups in total. The molecule has 4 heteroatoms. The Morgan fingerprint density at radius 2 is 1.90 bits per heavy atom. The fourth-order valence-electron chi connectivity index (χ4n) is 2.10. The molecule has 0 aliphatic carbocycles. The number of aliphatic hydroxyl groups is 1. The third kappa shape index (κ3) is 5.70. The van der Waals surface area contributed by atoms with Crippen LogP contribution in [0.15, 0.2) is 24.3 Å². The van der Waals surface area contributed by atoms with Gasteiger partial charge in [0.05, 0.1) is 17.7 Å². The Bertz CT molecular complexity index is 407. The second-order valence-electron chi connectivity index (χ2n) is 4.83. The van der Waals surface area contributed by atoms with Crippen LogP contribution in [0.5, 0.6) is 0 Å². The van der Waals surface area contributed by atoms with Crippen LogP contribution in [0.1, 0.15) is 37.5 Å². The minimum absolute atomic E-state index is 0.517. The second-order valence-corrected chi connectivity index (χ2v) is 4.83. The first kappa shape index (κ1) is 16.6. The van der Waals surface area contributed by atoms with Crippen LogP contribution in [0.4, 0.5) is 0 Å². The number of hydrogen-bond donors (Lipinski definition) is 2. The maximum absolute atomic E-state index is 10.0. The van der Waals surface area contributed by atoms with Gasteiger partial charge in [0.2, 0.25) is 0 Å². The largest absolute Gasteiger partial charge is 0.387 e. The van der Waals surface area contributed by atoms with Crippen molar-refractivity contribution in [2.75, 3.05) is 32.7 Å². The molecule has 0 aliphatic heterocycles. The third-order valence-corrected chi connectivity index (χ3v) is 3.48. The van der Waals surface area contributed by atoms with Gasteiger partial charge in [-0.3, -0.25) is 0 Å². The van der Waals surface area contributed by atoms with E-state index in [1.54, 1.807) is 24.3 Å². The highest BCUT2D eigenvalue weighted by Gasteiger charge is 2.06. The monoisotopic (exact) mass is 275 g/mol. The van der Waals surface area contributed by atoms with Gasteiger partial charge < -0.3 is 15.3 Å². The summed E-state index contributed by atoms with van der Waals surface area (Å²) in [5, 5.41) is 22.0. The number of nitriles is 1. The van der Waals surface area contributed by atoms with Crippen molar-refractivity contribution in [3.63, 3.8) is 0 Å². The van der Waals surface area contributed by atoms with E-state index in [1.165, 1.54) is 0 Å². The summed E-state index contributed by atoms with van der Waals surface area (Å²) in [6.45, 7) is 9.06. The summed E-state index contributed by atoms with van der Waals surface area (Å²) < 4.78 is 0. The van der Waals surface area contributed by atoms with Crippen LogP contribution in [0.2, 0.25) is 0 Å². The van der Waals surface area contributed by atoms with E-state index in [-0.39, 0.29) is 0 Å². The minimum atomic E-state index is -0.517. The van der Waals surface area contributed by atoms with Crippen LogP contribution in [0.25, 0.3) is 0 Å². The topological polar surface area (TPSA) is 59.3 Å². The zero-order chi connectivity index (χ0) is 14.8. The zero-order valence-corrected chi connectivity index (χ0v) is 12.5. The Hall–Kier alpha value is -1.41. The first-order valence-corrected chi connectivity index (χ1v) is 7.32. The first-order valence-electron chi connectivity index (χ1n) is 7.32. The van der Waals surface area contributed by atoms with Crippen molar-refractivity contribution in [2.45, 2.75) is 26.4 Å². The SMILES string of the molecule is CCN(CC)CCCNCC(O)c1ccc(C#N)cc1. The lowest BCUT2D eigenvalue weighted by Gasteiger charge is -2.18. The van der Waals surface area contributed by atoms with E-state index in [1.807, 2.05) is 0 Å². The maximum Gasteiger partial charge on any atom is 0.0991 e. The molecule has 0 bridgehead atoms. The number of rotatable bonds is 9. The van der Waals surface area contributed by atoms with Crippen LogP contribution in [0, 0.1) is 11.3 Å². The molecule has 110 valence electrons. The molecule has 0 fully saturated rings. The molecule has 1 rings (SSSR count). The van der Waals surface area contributed by atoms with E-state index >= 15 is 0 Å². The van der Waals surface area contributed by atoms with Gasteiger partial charge in [0.25, 0.3) is 0 Å². The van der Waals surface area contributed by atoms with Crippen molar-refractivity contribution in [1.82, 2.24) is 10.2 Å². The molecule has 1 aromatic rings. The summed E-state index contributed by atoms with van der Waals surface area (Å²) in [4.78, 5) is 2.39. The maximum atomic E-state index is 10.0. The number of nitrogens with one attached hydrogen (secondary N) is 1. The van der Waals surface area contributed by atoms with E-state index in [0.717, 1.165) is 38.2 Å². The molecule has 0 heterocycles. The summed E-state index contributed by atoms with van der Waals surface area (Å²) in [6.07, 6.45) is 0.568. The number of benzene rings is 1. The Morgan fingerprint density at radius 1 is 1.25 bits per heavy atom. The van der Waals surface area contributed by atoms with Gasteiger partial charge in [0, 0.05) is 6.54 Å². The molecule has 1 unspecified atom stereocenters. The molecule has 0 amide bonds. The van der Waals surface area contributed by atoms with E-state index in [9.17, 15) is 5.11 Å². The summed E-state index contributed by atoms with van der Waals surface area (Å²) in [7, 11) is 0. The van der Waals surface area contributed by atoms with E-state index in [0.29, 0.717) is 12.1 Å². The lowest BCUT2D eigenvalue weighted by atomic mass is 10.1. The summed E-state index contributed by atoms with van der Waals surface area (Å²) in [5.41, 5.74) is 1.47. The van der Waals surface area contributed by atoms with Gasteiger partial charge in [-0.05, 0) is 50.3 Å². The highest BCUT2D eigenvalue weighted by molar-refractivity contribution is 5.32. The highest BCUT2D eigenvalue weighted by atomic mass is 16.3. The summed E-state index contributed by atoms with van der Waals surface area (Å²) >= 11 is 0. The van der Waals surface area contributed by atoms with Crippen molar-refractivity contribution >= 4 is 0 Å². The predicted molar refractivity (Wildman–Crippen MR) is 81.4 cm³/mol. The lowest BCUT2D eigenvalue weighted by Crippen LogP contribution is -2.28. The molecular weight excluding hydrogens is 250 g/mol. The molecule has 1 atom stereocenters. The molecule has 4 nitrogen and oxygen atoms in total. The molecule has 0 aromatic heterocycles. The molecule has 0 spiro atoms. The highest BCUT2D eigenvalue weighted by Crippen LogP contribution is 2.12. The average Bonchev–Trinajstić information content (AvgIpc) is 2.50. The summed E-state index contributed by atoms with van der Waals surface area (Å²) in [5.74, 6) is 0. The van der Waals surface area contributed by atoms with Crippen molar-refractivity contribution in [2.24, 2.45) is 0 Å². The van der Waals surface area contributed by atoms with Crippen LogP contribution < -0.4 is 5.32 Å². The van der Waals surface area contributed by atoms with Crippen LogP contribution in [0.3, 0.4) is 0 Å². The predicted octanol–water partition coefficient (Wildman–Crippen LogP) is 1.91. The molecule has 0 saturated carbocycles. The van der Waals surface area contributed by atoms with Crippen LogP contribution in [-0.4, -0.2) is 42.7 Å². The summed E-state index contributed by atoms with van der Waals surface area (Å²) in [6, 6.07) is 9.16. The number of aliphatic hydroxyl groups excluding tert-OH is 1. The Labute approximate surface area is 122 Å². The molecule has 0 radical (unpaired) electrons. The van der Waals surface area contributed by atoms with Gasteiger partial charge in [-0.15, -0.1) is 0 Å². The van der Waals surface area contributed by atoms with Gasteiger partial charge in [0.15, 0.2) is 0 Å². The number of nitrogens with zero attached hydrogens (tertiary/aromatic N) is 2. The Morgan fingerprint density at radius 3 is 2.45 bits per heavy atom. The fourth-order valence-corrected chi connectivity index (χ4v) is 2.10. The molecular formula is C16H25N3O. The lowest BCUT2D eigenvalue weighted by molar-refractivity contribution is 0.174.